The van der Waals surface area contributed by atoms with E-state index in [4.69, 9.17) is 10.6 Å². The summed E-state index contributed by atoms with van der Waals surface area (Å²) in [6, 6.07) is 0.474. The predicted molar refractivity (Wildman–Crippen MR) is 44.9 cm³/mol. The molecule has 0 aliphatic carbocycles. The van der Waals surface area contributed by atoms with Crippen molar-refractivity contribution in [3.05, 3.63) is 0 Å². The first-order valence-electron chi connectivity index (χ1n) is 4.40. The summed E-state index contributed by atoms with van der Waals surface area (Å²) in [5.74, 6) is 6.10. The topological polar surface area (TPSA) is 47.3 Å². The maximum atomic E-state index is 5.37. The van der Waals surface area contributed by atoms with E-state index in [1.54, 1.807) is 0 Å². The van der Waals surface area contributed by atoms with Gasteiger partial charge < -0.3 is 4.74 Å². The molecule has 3 nitrogen and oxygen atoms in total. The third-order valence-electron chi connectivity index (χ3n) is 2.37. The third-order valence-corrected chi connectivity index (χ3v) is 2.37. The van der Waals surface area contributed by atoms with E-state index in [1.807, 2.05) is 0 Å². The van der Waals surface area contributed by atoms with Crippen LogP contribution in [-0.4, -0.2) is 19.3 Å². The Kier molecular flexibility index (Phi) is 3.83. The molecule has 1 saturated heterocycles. The minimum absolute atomic E-state index is 0.474. The molecule has 1 rings (SSSR count). The van der Waals surface area contributed by atoms with Gasteiger partial charge in [0.05, 0.1) is 0 Å². The van der Waals surface area contributed by atoms with Gasteiger partial charge in [-0.1, -0.05) is 6.92 Å². The summed E-state index contributed by atoms with van der Waals surface area (Å²) >= 11 is 0. The van der Waals surface area contributed by atoms with Gasteiger partial charge in [-0.3, -0.25) is 11.3 Å². The van der Waals surface area contributed by atoms with Crippen molar-refractivity contribution in [3.63, 3.8) is 0 Å². The fourth-order valence-corrected chi connectivity index (χ4v) is 1.52. The average molecular weight is 158 g/mol. The van der Waals surface area contributed by atoms with E-state index in [9.17, 15) is 0 Å². The normalized spacial score (nSPS) is 27.3. The molecule has 0 amide bonds. The Bertz CT molecular complexity index is 98.3. The second kappa shape index (κ2) is 4.70. The first kappa shape index (κ1) is 8.97. The molecular formula is C8H18N2O. The van der Waals surface area contributed by atoms with Crippen LogP contribution in [0.2, 0.25) is 0 Å². The van der Waals surface area contributed by atoms with Crippen LogP contribution in [0.15, 0.2) is 0 Å². The lowest BCUT2D eigenvalue weighted by molar-refractivity contribution is 0.181. The Morgan fingerprint density at radius 2 is 2.55 bits per heavy atom. The van der Waals surface area contributed by atoms with Crippen LogP contribution in [-0.2, 0) is 4.74 Å². The summed E-state index contributed by atoms with van der Waals surface area (Å²) < 4.78 is 5.28. The third kappa shape index (κ3) is 2.77. The SMILES string of the molecule is CCC(CC1CCOC1)NN. The highest BCUT2D eigenvalue weighted by molar-refractivity contribution is 4.71. The first-order valence-corrected chi connectivity index (χ1v) is 4.40. The van der Waals surface area contributed by atoms with Gasteiger partial charge in [-0.15, -0.1) is 0 Å². The molecule has 0 saturated carbocycles. The molecule has 0 aromatic heterocycles. The van der Waals surface area contributed by atoms with Gasteiger partial charge in [-0.2, -0.15) is 0 Å². The molecule has 0 aromatic rings. The molecule has 1 aliphatic rings. The summed E-state index contributed by atoms with van der Waals surface area (Å²) in [7, 11) is 0. The highest BCUT2D eigenvalue weighted by Gasteiger charge is 2.18. The van der Waals surface area contributed by atoms with Gasteiger partial charge in [0.1, 0.15) is 0 Å². The summed E-state index contributed by atoms with van der Waals surface area (Å²) in [5.41, 5.74) is 2.82. The van der Waals surface area contributed by atoms with E-state index in [0.29, 0.717) is 6.04 Å². The van der Waals surface area contributed by atoms with Gasteiger partial charge in [-0.25, -0.2) is 0 Å². The number of nitrogens with two attached hydrogens (primary N) is 1. The smallest absolute Gasteiger partial charge is 0.0495 e. The number of ether oxygens (including phenoxy) is 1. The molecule has 0 bridgehead atoms. The number of rotatable bonds is 4. The highest BCUT2D eigenvalue weighted by Crippen LogP contribution is 2.18. The minimum atomic E-state index is 0.474. The predicted octanol–water partition coefficient (Wildman–Crippen LogP) is 0.655. The van der Waals surface area contributed by atoms with E-state index >= 15 is 0 Å². The second-order valence-electron chi connectivity index (χ2n) is 3.24. The van der Waals surface area contributed by atoms with Gasteiger partial charge in [-0.05, 0) is 25.2 Å². The van der Waals surface area contributed by atoms with Crippen LogP contribution >= 0.6 is 0 Å². The maximum absolute atomic E-state index is 5.37. The van der Waals surface area contributed by atoms with Crippen molar-refractivity contribution in [1.29, 1.82) is 0 Å². The summed E-state index contributed by atoms with van der Waals surface area (Å²) in [5, 5.41) is 0. The summed E-state index contributed by atoms with van der Waals surface area (Å²) in [4.78, 5) is 0. The Morgan fingerprint density at radius 3 is 3.00 bits per heavy atom. The molecule has 1 heterocycles. The Morgan fingerprint density at radius 1 is 1.73 bits per heavy atom. The van der Waals surface area contributed by atoms with Gasteiger partial charge in [0.2, 0.25) is 0 Å². The van der Waals surface area contributed by atoms with E-state index in [-0.39, 0.29) is 0 Å². The lowest BCUT2D eigenvalue weighted by Gasteiger charge is -2.16. The maximum Gasteiger partial charge on any atom is 0.0495 e. The minimum Gasteiger partial charge on any atom is -0.381 e. The van der Waals surface area contributed by atoms with Crippen molar-refractivity contribution in [2.45, 2.75) is 32.2 Å². The summed E-state index contributed by atoms with van der Waals surface area (Å²) in [6.07, 6.45) is 3.47. The lowest BCUT2D eigenvalue weighted by atomic mass is 9.98. The standard InChI is InChI=1S/C8H18N2O/c1-2-8(10-9)5-7-3-4-11-6-7/h7-8,10H,2-6,9H2,1H3. The summed E-state index contributed by atoms with van der Waals surface area (Å²) in [6.45, 7) is 4.02. The quantitative estimate of drug-likeness (QED) is 0.466. The zero-order valence-corrected chi connectivity index (χ0v) is 7.18. The van der Waals surface area contributed by atoms with E-state index < -0.39 is 0 Å². The number of hydrogen-bond donors (Lipinski definition) is 2. The van der Waals surface area contributed by atoms with Crippen molar-refractivity contribution in [2.24, 2.45) is 11.8 Å². The number of nitrogens with one attached hydrogen (secondary N) is 1. The van der Waals surface area contributed by atoms with Crippen LogP contribution in [0, 0.1) is 5.92 Å². The average Bonchev–Trinajstić information content (AvgIpc) is 2.52. The van der Waals surface area contributed by atoms with Gasteiger partial charge in [0, 0.05) is 19.3 Å². The van der Waals surface area contributed by atoms with Crippen LogP contribution in [0.5, 0.6) is 0 Å². The Hall–Kier alpha value is -0.120. The molecule has 0 spiro atoms. The highest BCUT2D eigenvalue weighted by atomic mass is 16.5. The first-order chi connectivity index (χ1) is 5.36. The van der Waals surface area contributed by atoms with Crippen LogP contribution in [0.1, 0.15) is 26.2 Å². The van der Waals surface area contributed by atoms with E-state index in [1.165, 1.54) is 6.42 Å². The van der Waals surface area contributed by atoms with E-state index in [2.05, 4.69) is 12.3 Å². The molecule has 2 unspecified atom stereocenters. The van der Waals surface area contributed by atoms with Crippen molar-refractivity contribution in [3.8, 4) is 0 Å². The zero-order valence-electron chi connectivity index (χ0n) is 7.18. The van der Waals surface area contributed by atoms with Crippen LogP contribution in [0.25, 0.3) is 0 Å². The monoisotopic (exact) mass is 158 g/mol. The zero-order chi connectivity index (χ0) is 8.10. The molecule has 0 radical (unpaired) electrons. The van der Waals surface area contributed by atoms with Crippen LogP contribution in [0.4, 0.5) is 0 Å². The Labute approximate surface area is 68.3 Å². The van der Waals surface area contributed by atoms with Crippen molar-refractivity contribution in [2.75, 3.05) is 13.2 Å². The molecule has 0 aromatic carbocycles. The second-order valence-corrected chi connectivity index (χ2v) is 3.24. The fraction of sp³-hybridized carbons (Fsp3) is 1.00. The van der Waals surface area contributed by atoms with Crippen molar-refractivity contribution in [1.82, 2.24) is 5.43 Å². The molecule has 1 aliphatic heterocycles. The molecule has 2 atom stereocenters. The Balaban J connectivity index is 2.16. The van der Waals surface area contributed by atoms with Gasteiger partial charge in [0.25, 0.3) is 0 Å². The van der Waals surface area contributed by atoms with Gasteiger partial charge in [0.15, 0.2) is 0 Å². The largest absolute Gasteiger partial charge is 0.381 e. The molecule has 66 valence electrons. The molecule has 1 fully saturated rings. The van der Waals surface area contributed by atoms with E-state index in [0.717, 1.165) is 32.0 Å². The van der Waals surface area contributed by atoms with Crippen LogP contribution < -0.4 is 11.3 Å². The fourth-order valence-electron chi connectivity index (χ4n) is 1.52. The molecular weight excluding hydrogens is 140 g/mol. The van der Waals surface area contributed by atoms with Crippen molar-refractivity contribution >= 4 is 0 Å². The van der Waals surface area contributed by atoms with Gasteiger partial charge >= 0.3 is 0 Å². The number of hydrogen-bond acceptors (Lipinski definition) is 3. The lowest BCUT2D eigenvalue weighted by Crippen LogP contribution is -2.36. The van der Waals surface area contributed by atoms with Crippen molar-refractivity contribution < 1.29 is 4.74 Å². The molecule has 3 N–H and O–H groups in total. The number of hydrazine groups is 1. The van der Waals surface area contributed by atoms with Crippen LogP contribution in [0.3, 0.4) is 0 Å². The molecule has 11 heavy (non-hydrogen) atoms. The molecule has 3 heteroatoms.